The molecule has 2 aromatic heterocycles. The molecule has 6 rings (SSSR count). The average Bonchev–Trinajstić information content (AvgIpc) is 3.74. The number of piperidine rings is 2. The lowest BCUT2D eigenvalue weighted by Crippen LogP contribution is -2.49. The van der Waals surface area contributed by atoms with E-state index >= 15 is 0 Å². The molecular formula is C29H46N8O. The minimum atomic E-state index is 0.345. The summed E-state index contributed by atoms with van der Waals surface area (Å²) in [5, 5.41) is 0. The number of nitrogens with zero attached hydrogens (tertiary/aromatic N) is 6. The second-order valence-electron chi connectivity index (χ2n) is 12.4. The number of aromatic nitrogens is 4. The molecule has 1 saturated carbocycles. The fourth-order valence-corrected chi connectivity index (χ4v) is 7.57. The van der Waals surface area contributed by atoms with Gasteiger partial charge in [0, 0.05) is 63.1 Å². The Labute approximate surface area is 227 Å². The number of hydrogen-bond donors (Lipinski definition) is 2. The maximum Gasteiger partial charge on any atom is 0.236 e. The summed E-state index contributed by atoms with van der Waals surface area (Å²) in [5.41, 5.74) is 0.381. The van der Waals surface area contributed by atoms with Gasteiger partial charge in [0.05, 0.1) is 19.6 Å². The third-order valence-corrected chi connectivity index (χ3v) is 9.99. The number of rotatable bonds is 8. The van der Waals surface area contributed by atoms with Crippen LogP contribution in [0, 0.1) is 5.41 Å². The van der Waals surface area contributed by atoms with E-state index in [4.69, 9.17) is 0 Å². The van der Waals surface area contributed by atoms with Crippen LogP contribution in [0.15, 0.2) is 24.8 Å². The molecule has 4 aliphatic rings. The monoisotopic (exact) mass is 522 g/mol. The number of carbonyl (C=O) groups is 1. The van der Waals surface area contributed by atoms with E-state index in [1.165, 1.54) is 64.5 Å². The second kappa shape index (κ2) is 11.9. The number of imidazole rings is 2. The minimum absolute atomic E-state index is 0.345. The van der Waals surface area contributed by atoms with Crippen LogP contribution in [0.3, 0.4) is 0 Å². The molecule has 1 aliphatic carbocycles. The van der Waals surface area contributed by atoms with Crippen molar-refractivity contribution in [2.75, 3.05) is 45.8 Å². The first-order chi connectivity index (χ1) is 18.7. The first-order valence-electron chi connectivity index (χ1n) is 15.1. The van der Waals surface area contributed by atoms with Gasteiger partial charge in [-0.2, -0.15) is 0 Å². The van der Waals surface area contributed by atoms with E-state index in [1.54, 1.807) is 0 Å². The molecular weight excluding hydrogens is 476 g/mol. The summed E-state index contributed by atoms with van der Waals surface area (Å²) in [5.74, 6) is 2.32. The largest absolute Gasteiger partial charge is 0.348 e. The van der Waals surface area contributed by atoms with Crippen molar-refractivity contribution in [2.45, 2.75) is 89.4 Å². The Balaban J connectivity index is 0.964. The smallest absolute Gasteiger partial charge is 0.236 e. The van der Waals surface area contributed by atoms with E-state index in [-0.39, 0.29) is 0 Å². The molecule has 1 spiro atoms. The van der Waals surface area contributed by atoms with E-state index in [9.17, 15) is 4.79 Å². The van der Waals surface area contributed by atoms with Gasteiger partial charge in [0.25, 0.3) is 0 Å². The molecule has 9 nitrogen and oxygen atoms in total. The molecule has 2 N–H and O–H groups in total. The van der Waals surface area contributed by atoms with Gasteiger partial charge in [0.2, 0.25) is 5.91 Å². The Morgan fingerprint density at radius 1 is 0.868 bits per heavy atom. The molecule has 38 heavy (non-hydrogen) atoms. The van der Waals surface area contributed by atoms with Crippen molar-refractivity contribution in [1.29, 1.82) is 0 Å². The van der Waals surface area contributed by atoms with Crippen molar-refractivity contribution in [2.24, 2.45) is 5.41 Å². The zero-order valence-corrected chi connectivity index (χ0v) is 23.0. The Kier molecular flexibility index (Phi) is 8.13. The highest BCUT2D eigenvalue weighted by molar-refractivity contribution is 5.78. The molecule has 3 aliphatic heterocycles. The lowest BCUT2D eigenvalue weighted by molar-refractivity contribution is -0.132. The third kappa shape index (κ3) is 6.15. The number of amides is 1. The van der Waals surface area contributed by atoms with Crippen LogP contribution in [0.25, 0.3) is 0 Å². The van der Waals surface area contributed by atoms with Crippen LogP contribution in [0.4, 0.5) is 0 Å². The lowest BCUT2D eigenvalue weighted by Gasteiger charge is -2.43. The fourth-order valence-electron chi connectivity index (χ4n) is 7.57. The van der Waals surface area contributed by atoms with Gasteiger partial charge in [-0.3, -0.25) is 14.6 Å². The van der Waals surface area contributed by atoms with Crippen LogP contribution >= 0.6 is 0 Å². The maximum atomic E-state index is 13.3. The lowest BCUT2D eigenvalue weighted by atomic mass is 9.77. The quantitative estimate of drug-likeness (QED) is 0.554. The zero-order chi connectivity index (χ0) is 25.8. The number of aromatic amines is 2. The van der Waals surface area contributed by atoms with Gasteiger partial charge < -0.3 is 19.8 Å². The molecule has 3 saturated heterocycles. The molecule has 9 heteroatoms. The van der Waals surface area contributed by atoms with Crippen molar-refractivity contribution >= 4 is 5.91 Å². The molecule has 4 fully saturated rings. The summed E-state index contributed by atoms with van der Waals surface area (Å²) < 4.78 is 0. The predicted molar refractivity (Wildman–Crippen MR) is 147 cm³/mol. The molecule has 1 amide bonds. The summed E-state index contributed by atoms with van der Waals surface area (Å²) in [4.78, 5) is 38.6. The molecule has 0 aromatic carbocycles. The van der Waals surface area contributed by atoms with E-state index in [2.05, 4.69) is 39.5 Å². The van der Waals surface area contributed by atoms with Crippen LogP contribution in [0.1, 0.15) is 75.9 Å². The number of carbonyl (C=O) groups excluding carboxylic acids is 1. The molecule has 0 unspecified atom stereocenters. The summed E-state index contributed by atoms with van der Waals surface area (Å²) in [6.07, 6.45) is 20.4. The average molecular weight is 523 g/mol. The van der Waals surface area contributed by atoms with Crippen molar-refractivity contribution < 1.29 is 4.79 Å². The Morgan fingerprint density at radius 3 is 2.11 bits per heavy atom. The SMILES string of the molecule is O=C(CN1CCC(N(Cc2ncc[nH]2)Cc2ncc[nH]2)CC1)N1CCC2(CCN(C3CCCCC3)CC2)C1. The van der Waals surface area contributed by atoms with E-state index in [1.807, 2.05) is 24.8 Å². The normalized spacial score (nSPS) is 24.1. The number of nitrogens with one attached hydrogen (secondary N) is 2. The number of likely N-dealkylation sites (tertiary alicyclic amines) is 3. The highest BCUT2D eigenvalue weighted by Crippen LogP contribution is 2.41. The zero-order valence-electron chi connectivity index (χ0n) is 23.0. The van der Waals surface area contributed by atoms with Gasteiger partial charge >= 0.3 is 0 Å². The highest BCUT2D eigenvalue weighted by Gasteiger charge is 2.43. The molecule has 2 aromatic rings. The van der Waals surface area contributed by atoms with Gasteiger partial charge in [-0.25, -0.2) is 9.97 Å². The molecule has 0 bridgehead atoms. The van der Waals surface area contributed by atoms with E-state index in [0.717, 1.165) is 69.8 Å². The summed E-state index contributed by atoms with van der Waals surface area (Å²) in [7, 11) is 0. The molecule has 0 radical (unpaired) electrons. The number of H-pyrrole nitrogens is 2. The Hall–Kier alpha value is -2.23. The van der Waals surface area contributed by atoms with E-state index < -0.39 is 0 Å². The van der Waals surface area contributed by atoms with Gasteiger partial charge in [-0.15, -0.1) is 0 Å². The summed E-state index contributed by atoms with van der Waals surface area (Å²) in [6.45, 7) is 8.51. The van der Waals surface area contributed by atoms with Crippen molar-refractivity contribution in [3.8, 4) is 0 Å². The van der Waals surface area contributed by atoms with Crippen LogP contribution in [0.5, 0.6) is 0 Å². The minimum Gasteiger partial charge on any atom is -0.348 e. The first-order valence-corrected chi connectivity index (χ1v) is 15.1. The Bertz CT molecular complexity index is 950. The molecule has 5 heterocycles. The van der Waals surface area contributed by atoms with Crippen molar-refractivity contribution in [1.82, 2.24) is 39.5 Å². The van der Waals surface area contributed by atoms with Crippen LogP contribution in [-0.2, 0) is 17.9 Å². The van der Waals surface area contributed by atoms with E-state index in [0.29, 0.717) is 23.9 Å². The van der Waals surface area contributed by atoms with Gasteiger partial charge in [0.1, 0.15) is 11.6 Å². The summed E-state index contributed by atoms with van der Waals surface area (Å²) >= 11 is 0. The van der Waals surface area contributed by atoms with Gasteiger partial charge in [-0.05, 0) is 63.5 Å². The standard InChI is InChI=1S/C29H46N8O/c38-28(36-19-10-29(23-36)8-17-35(18-9-29)24-4-2-1-3-5-24)22-34-15-6-25(7-16-34)37(20-26-30-11-12-31-26)21-27-32-13-14-33-27/h11-14,24-25H,1-10,15-23H2,(H,30,31)(H,32,33). The third-order valence-electron chi connectivity index (χ3n) is 9.99. The fraction of sp³-hybridized carbons (Fsp3) is 0.759. The second-order valence-corrected chi connectivity index (χ2v) is 12.4. The highest BCUT2D eigenvalue weighted by atomic mass is 16.2. The van der Waals surface area contributed by atoms with Crippen molar-refractivity contribution in [3.05, 3.63) is 36.4 Å². The van der Waals surface area contributed by atoms with Crippen LogP contribution in [0.2, 0.25) is 0 Å². The van der Waals surface area contributed by atoms with Crippen molar-refractivity contribution in [3.63, 3.8) is 0 Å². The molecule has 208 valence electrons. The molecule has 0 atom stereocenters. The topological polar surface area (TPSA) is 87.4 Å². The van der Waals surface area contributed by atoms with Gasteiger partial charge in [-0.1, -0.05) is 19.3 Å². The maximum absolute atomic E-state index is 13.3. The Morgan fingerprint density at radius 2 is 1.50 bits per heavy atom. The summed E-state index contributed by atoms with van der Waals surface area (Å²) in [6, 6.07) is 1.29. The van der Waals surface area contributed by atoms with Crippen LogP contribution in [-0.4, -0.2) is 103 Å². The van der Waals surface area contributed by atoms with Crippen LogP contribution < -0.4 is 0 Å². The first kappa shape index (κ1) is 26.0. The predicted octanol–water partition coefficient (Wildman–Crippen LogP) is 3.25. The number of hydrogen-bond acceptors (Lipinski definition) is 6. The van der Waals surface area contributed by atoms with Gasteiger partial charge in [0.15, 0.2) is 0 Å².